The lowest BCUT2D eigenvalue weighted by atomic mass is 9.92. The summed E-state index contributed by atoms with van der Waals surface area (Å²) < 4.78 is 0. The number of hydrogen-bond donors (Lipinski definition) is 2. The molecule has 0 aromatic heterocycles. The molecular weight excluding hydrogens is 224 g/mol. The number of amides is 1. The average Bonchev–Trinajstić information content (AvgIpc) is 2.32. The van der Waals surface area contributed by atoms with E-state index in [1.54, 1.807) is 7.05 Å². The van der Waals surface area contributed by atoms with Gasteiger partial charge in [-0.25, -0.2) is 0 Å². The van der Waals surface area contributed by atoms with E-state index in [1.807, 2.05) is 13.8 Å². The molecule has 3 heteroatoms. The lowest BCUT2D eigenvalue weighted by Crippen LogP contribution is -2.41. The predicted octanol–water partition coefficient (Wildman–Crippen LogP) is 2.17. The van der Waals surface area contributed by atoms with Gasteiger partial charge in [0.1, 0.15) is 0 Å². The summed E-state index contributed by atoms with van der Waals surface area (Å²) in [5.74, 6) is 0.0649. The summed E-state index contributed by atoms with van der Waals surface area (Å²) in [6.45, 7) is 9.58. The third kappa shape index (κ3) is 3.84. The lowest BCUT2D eigenvalue weighted by Gasteiger charge is -2.23. The quantitative estimate of drug-likeness (QED) is 0.838. The number of aryl methyl sites for hydroxylation is 2. The van der Waals surface area contributed by atoms with Crippen molar-refractivity contribution in [2.75, 3.05) is 13.6 Å². The zero-order chi connectivity index (χ0) is 13.8. The van der Waals surface area contributed by atoms with Gasteiger partial charge in [-0.1, -0.05) is 18.2 Å². The summed E-state index contributed by atoms with van der Waals surface area (Å²) in [6.07, 6.45) is 0. The highest BCUT2D eigenvalue weighted by Gasteiger charge is 2.25. The summed E-state index contributed by atoms with van der Waals surface area (Å²) in [5, 5.41) is 6.03. The summed E-state index contributed by atoms with van der Waals surface area (Å²) in [6, 6.07) is 6.45. The zero-order valence-corrected chi connectivity index (χ0v) is 12.1. The Labute approximate surface area is 110 Å². The monoisotopic (exact) mass is 248 g/mol. The van der Waals surface area contributed by atoms with Crippen LogP contribution in [0.25, 0.3) is 0 Å². The molecule has 0 radical (unpaired) electrons. The van der Waals surface area contributed by atoms with Crippen molar-refractivity contribution in [2.45, 2.75) is 34.2 Å². The zero-order valence-electron chi connectivity index (χ0n) is 12.1. The number of benzene rings is 1. The van der Waals surface area contributed by atoms with Crippen molar-refractivity contribution in [3.63, 3.8) is 0 Å². The molecule has 1 aromatic rings. The Kier molecular flexibility index (Phi) is 4.91. The maximum absolute atomic E-state index is 11.6. The van der Waals surface area contributed by atoms with Crippen LogP contribution in [0, 0.1) is 19.3 Å². The van der Waals surface area contributed by atoms with Gasteiger partial charge in [0.25, 0.3) is 0 Å². The van der Waals surface area contributed by atoms with Crippen LogP contribution in [0.2, 0.25) is 0 Å². The van der Waals surface area contributed by atoms with Crippen LogP contribution in [0.1, 0.15) is 30.5 Å². The predicted molar refractivity (Wildman–Crippen MR) is 75.5 cm³/mol. The first-order valence-corrected chi connectivity index (χ1v) is 6.36. The first-order chi connectivity index (χ1) is 8.36. The minimum absolute atomic E-state index is 0.0649. The maximum atomic E-state index is 11.6. The highest BCUT2D eigenvalue weighted by Crippen LogP contribution is 2.14. The first kappa shape index (κ1) is 14.7. The first-order valence-electron chi connectivity index (χ1n) is 6.36. The van der Waals surface area contributed by atoms with Crippen LogP contribution in [0.15, 0.2) is 18.2 Å². The van der Waals surface area contributed by atoms with Crippen molar-refractivity contribution in [1.29, 1.82) is 0 Å². The Morgan fingerprint density at radius 2 is 1.89 bits per heavy atom. The molecule has 0 saturated heterocycles. The van der Waals surface area contributed by atoms with E-state index in [1.165, 1.54) is 16.7 Å². The second-order valence-electron chi connectivity index (χ2n) is 5.49. The van der Waals surface area contributed by atoms with E-state index in [0.717, 1.165) is 6.54 Å². The second-order valence-corrected chi connectivity index (χ2v) is 5.49. The summed E-state index contributed by atoms with van der Waals surface area (Å²) >= 11 is 0. The molecule has 1 amide bonds. The van der Waals surface area contributed by atoms with Gasteiger partial charge in [0.2, 0.25) is 5.91 Å². The molecule has 0 bridgehead atoms. The molecule has 0 atom stereocenters. The molecule has 0 aliphatic carbocycles. The smallest absolute Gasteiger partial charge is 0.226 e. The summed E-state index contributed by atoms with van der Waals surface area (Å²) in [5.41, 5.74) is 3.49. The number of carbonyl (C=O) groups is 1. The molecule has 0 spiro atoms. The standard InChI is InChI=1S/C15H24N2O/c1-11-6-7-13(8-12(11)2)9-17-10-15(3,4)14(18)16-5/h6-8,17H,9-10H2,1-5H3,(H,16,18). The van der Waals surface area contributed by atoms with Crippen LogP contribution in [0.4, 0.5) is 0 Å². The van der Waals surface area contributed by atoms with Crippen LogP contribution in [-0.2, 0) is 11.3 Å². The molecule has 0 unspecified atom stereocenters. The Morgan fingerprint density at radius 3 is 2.44 bits per heavy atom. The molecule has 0 aliphatic rings. The highest BCUT2D eigenvalue weighted by atomic mass is 16.2. The lowest BCUT2D eigenvalue weighted by molar-refractivity contribution is -0.128. The van der Waals surface area contributed by atoms with E-state index < -0.39 is 0 Å². The maximum Gasteiger partial charge on any atom is 0.226 e. The van der Waals surface area contributed by atoms with Gasteiger partial charge in [-0.05, 0) is 44.4 Å². The fourth-order valence-electron chi connectivity index (χ4n) is 1.85. The van der Waals surface area contributed by atoms with Crippen LogP contribution < -0.4 is 10.6 Å². The average molecular weight is 248 g/mol. The van der Waals surface area contributed by atoms with Crippen molar-refractivity contribution < 1.29 is 4.79 Å². The van der Waals surface area contributed by atoms with E-state index >= 15 is 0 Å². The van der Waals surface area contributed by atoms with Gasteiger partial charge in [-0.15, -0.1) is 0 Å². The third-order valence-corrected chi connectivity index (χ3v) is 3.31. The topological polar surface area (TPSA) is 41.1 Å². The number of carbonyl (C=O) groups excluding carboxylic acids is 1. The Balaban J connectivity index is 2.51. The molecule has 3 nitrogen and oxygen atoms in total. The fraction of sp³-hybridized carbons (Fsp3) is 0.533. The fourth-order valence-corrected chi connectivity index (χ4v) is 1.85. The third-order valence-electron chi connectivity index (χ3n) is 3.31. The van der Waals surface area contributed by atoms with Crippen LogP contribution in [-0.4, -0.2) is 19.5 Å². The number of hydrogen-bond acceptors (Lipinski definition) is 2. The molecule has 0 fully saturated rings. The number of nitrogens with one attached hydrogen (secondary N) is 2. The minimum Gasteiger partial charge on any atom is -0.359 e. The molecule has 1 aromatic carbocycles. The van der Waals surface area contributed by atoms with E-state index in [4.69, 9.17) is 0 Å². The van der Waals surface area contributed by atoms with E-state index in [2.05, 4.69) is 42.7 Å². The van der Waals surface area contributed by atoms with Gasteiger partial charge in [0, 0.05) is 20.1 Å². The van der Waals surface area contributed by atoms with Gasteiger partial charge in [-0.3, -0.25) is 4.79 Å². The Bertz CT molecular complexity index is 425. The Hall–Kier alpha value is -1.35. The molecular formula is C15H24N2O. The van der Waals surface area contributed by atoms with Crippen LogP contribution in [0.5, 0.6) is 0 Å². The van der Waals surface area contributed by atoms with Gasteiger partial charge in [0.15, 0.2) is 0 Å². The summed E-state index contributed by atoms with van der Waals surface area (Å²) in [4.78, 5) is 11.6. The second kappa shape index (κ2) is 6.01. The molecule has 0 saturated carbocycles. The SMILES string of the molecule is CNC(=O)C(C)(C)CNCc1ccc(C)c(C)c1. The molecule has 0 heterocycles. The molecule has 2 N–H and O–H groups in total. The van der Waals surface area contributed by atoms with Crippen molar-refractivity contribution in [1.82, 2.24) is 10.6 Å². The van der Waals surface area contributed by atoms with Gasteiger partial charge in [-0.2, -0.15) is 0 Å². The Morgan fingerprint density at radius 1 is 1.22 bits per heavy atom. The van der Waals surface area contributed by atoms with Crippen LogP contribution in [0.3, 0.4) is 0 Å². The van der Waals surface area contributed by atoms with Gasteiger partial charge in [0.05, 0.1) is 5.41 Å². The van der Waals surface area contributed by atoms with E-state index in [0.29, 0.717) is 6.54 Å². The normalized spacial score (nSPS) is 11.4. The minimum atomic E-state index is -0.380. The molecule has 1 rings (SSSR count). The molecule has 100 valence electrons. The van der Waals surface area contributed by atoms with Crippen molar-refractivity contribution in [3.05, 3.63) is 34.9 Å². The number of rotatable bonds is 5. The van der Waals surface area contributed by atoms with Crippen molar-refractivity contribution in [3.8, 4) is 0 Å². The van der Waals surface area contributed by atoms with E-state index in [-0.39, 0.29) is 11.3 Å². The summed E-state index contributed by atoms with van der Waals surface area (Å²) in [7, 11) is 1.67. The van der Waals surface area contributed by atoms with E-state index in [9.17, 15) is 4.79 Å². The van der Waals surface area contributed by atoms with Gasteiger partial charge < -0.3 is 10.6 Å². The molecule has 0 aliphatic heterocycles. The van der Waals surface area contributed by atoms with Gasteiger partial charge >= 0.3 is 0 Å². The van der Waals surface area contributed by atoms with Crippen molar-refractivity contribution in [2.24, 2.45) is 5.41 Å². The van der Waals surface area contributed by atoms with Crippen LogP contribution >= 0.6 is 0 Å². The molecule has 18 heavy (non-hydrogen) atoms. The largest absolute Gasteiger partial charge is 0.359 e. The highest BCUT2D eigenvalue weighted by molar-refractivity contribution is 5.81. The van der Waals surface area contributed by atoms with Crippen molar-refractivity contribution >= 4 is 5.91 Å².